The second-order valence-corrected chi connectivity index (χ2v) is 5.46. The van der Waals surface area contributed by atoms with Crippen molar-refractivity contribution < 1.29 is 0 Å². The first-order valence-corrected chi connectivity index (χ1v) is 4.84. The molecule has 0 atom stereocenters. The minimum Gasteiger partial charge on any atom is -0.0853 e. The molecule has 0 saturated heterocycles. The van der Waals surface area contributed by atoms with Crippen molar-refractivity contribution in [1.82, 2.24) is 0 Å². The van der Waals surface area contributed by atoms with Gasteiger partial charge in [0.25, 0.3) is 0 Å². The van der Waals surface area contributed by atoms with Gasteiger partial charge in [-0.05, 0) is 31.1 Å². The van der Waals surface area contributed by atoms with E-state index in [0.29, 0.717) is 9.74 Å². The highest BCUT2D eigenvalue weighted by Crippen LogP contribution is 2.67. The maximum Gasteiger partial charge on any atom is 0.0660 e. The fourth-order valence-electron chi connectivity index (χ4n) is 2.09. The SMILES string of the molecule is Br[C]C12CCC(Br)(C1)C2. The molecular formula is C7H8Br2. The summed E-state index contributed by atoms with van der Waals surface area (Å²) in [5.74, 6) is 0. The zero-order valence-corrected chi connectivity index (χ0v) is 8.26. The molecule has 3 aliphatic carbocycles. The summed E-state index contributed by atoms with van der Waals surface area (Å²) < 4.78 is 0.522. The van der Waals surface area contributed by atoms with Crippen molar-refractivity contribution in [3.63, 3.8) is 0 Å². The van der Waals surface area contributed by atoms with E-state index in [1.807, 2.05) is 0 Å². The Kier molecular flexibility index (Phi) is 1.30. The van der Waals surface area contributed by atoms with Crippen molar-refractivity contribution in [1.29, 1.82) is 0 Å². The molecule has 2 radical (unpaired) electrons. The Morgan fingerprint density at radius 2 is 1.89 bits per heavy atom. The Morgan fingerprint density at radius 3 is 2.11 bits per heavy atom. The average molecular weight is 252 g/mol. The van der Waals surface area contributed by atoms with E-state index in [-0.39, 0.29) is 0 Å². The molecule has 3 saturated carbocycles. The summed E-state index contributed by atoms with van der Waals surface area (Å²) in [6.07, 6.45) is 5.26. The number of halogens is 2. The molecule has 0 aromatic carbocycles. The van der Waals surface area contributed by atoms with Crippen LogP contribution in [0.25, 0.3) is 0 Å². The molecule has 0 heterocycles. The molecule has 0 aromatic heterocycles. The third-order valence-corrected chi connectivity index (χ3v) is 4.36. The van der Waals surface area contributed by atoms with E-state index in [9.17, 15) is 0 Å². The van der Waals surface area contributed by atoms with Gasteiger partial charge in [0, 0.05) is 4.32 Å². The molecule has 2 bridgehead atoms. The van der Waals surface area contributed by atoms with Crippen LogP contribution in [0.4, 0.5) is 0 Å². The topological polar surface area (TPSA) is 0 Å². The highest BCUT2D eigenvalue weighted by atomic mass is 79.9. The van der Waals surface area contributed by atoms with Crippen LogP contribution in [0, 0.1) is 10.7 Å². The fourth-order valence-corrected chi connectivity index (χ4v) is 3.84. The lowest BCUT2D eigenvalue weighted by Gasteiger charge is -2.42. The van der Waals surface area contributed by atoms with Crippen LogP contribution in [0.2, 0.25) is 0 Å². The lowest BCUT2D eigenvalue weighted by molar-refractivity contribution is 0.234. The summed E-state index contributed by atoms with van der Waals surface area (Å²) in [5, 5.41) is 3.21. The molecule has 9 heavy (non-hydrogen) atoms. The van der Waals surface area contributed by atoms with E-state index in [4.69, 9.17) is 0 Å². The molecule has 2 heteroatoms. The van der Waals surface area contributed by atoms with Gasteiger partial charge in [-0.1, -0.05) is 31.9 Å². The van der Waals surface area contributed by atoms with Gasteiger partial charge in [-0.15, -0.1) is 0 Å². The predicted molar refractivity (Wildman–Crippen MR) is 44.7 cm³/mol. The van der Waals surface area contributed by atoms with Crippen molar-refractivity contribution in [2.75, 3.05) is 0 Å². The van der Waals surface area contributed by atoms with Gasteiger partial charge in [0.15, 0.2) is 0 Å². The maximum atomic E-state index is 3.72. The van der Waals surface area contributed by atoms with Gasteiger partial charge in [0.05, 0.1) is 5.33 Å². The van der Waals surface area contributed by atoms with E-state index in [2.05, 4.69) is 37.2 Å². The third kappa shape index (κ3) is 0.823. The lowest BCUT2D eigenvalue weighted by Crippen LogP contribution is -2.37. The van der Waals surface area contributed by atoms with Crippen LogP contribution in [0.5, 0.6) is 0 Å². The van der Waals surface area contributed by atoms with Gasteiger partial charge < -0.3 is 0 Å². The van der Waals surface area contributed by atoms with Crippen molar-refractivity contribution in [2.45, 2.75) is 30.0 Å². The first-order valence-electron chi connectivity index (χ1n) is 3.25. The van der Waals surface area contributed by atoms with E-state index in [1.165, 1.54) is 25.7 Å². The first kappa shape index (κ1) is 6.66. The molecule has 0 nitrogen and oxygen atoms in total. The largest absolute Gasteiger partial charge is 0.0853 e. The van der Waals surface area contributed by atoms with Crippen LogP contribution >= 0.6 is 31.9 Å². The van der Waals surface area contributed by atoms with Crippen LogP contribution in [0.1, 0.15) is 25.7 Å². The number of alkyl halides is 1. The predicted octanol–water partition coefficient (Wildman–Crippen LogP) is 3.13. The van der Waals surface area contributed by atoms with Gasteiger partial charge in [-0.3, -0.25) is 0 Å². The maximum absolute atomic E-state index is 3.72. The molecule has 0 N–H and O–H groups in total. The quantitative estimate of drug-likeness (QED) is 0.629. The van der Waals surface area contributed by atoms with Crippen LogP contribution < -0.4 is 0 Å². The lowest BCUT2D eigenvalue weighted by atomic mass is 9.71. The Hall–Kier alpha value is 0.960. The number of fused-ring (bicyclic) bond motifs is 1. The molecule has 3 fully saturated rings. The molecule has 50 valence electrons. The van der Waals surface area contributed by atoms with Crippen LogP contribution in [0.3, 0.4) is 0 Å². The third-order valence-electron chi connectivity index (χ3n) is 2.56. The highest BCUT2D eigenvalue weighted by Gasteiger charge is 2.58. The summed E-state index contributed by atoms with van der Waals surface area (Å²) in [6.45, 7) is 0. The Balaban J connectivity index is 2.12. The van der Waals surface area contributed by atoms with Gasteiger partial charge in [0.1, 0.15) is 0 Å². The second kappa shape index (κ2) is 1.76. The molecule has 0 unspecified atom stereocenters. The zero-order chi connectivity index (χ0) is 6.54. The Morgan fingerprint density at radius 1 is 1.22 bits per heavy atom. The van der Waals surface area contributed by atoms with Gasteiger partial charge in [-0.25, -0.2) is 0 Å². The smallest absolute Gasteiger partial charge is 0.0660 e. The minimum atomic E-state index is 0.462. The molecule has 3 aliphatic rings. The van der Waals surface area contributed by atoms with Gasteiger partial charge in [0.2, 0.25) is 0 Å². The molecule has 0 spiro atoms. The van der Waals surface area contributed by atoms with Crippen molar-refractivity contribution in [2.24, 2.45) is 5.41 Å². The van der Waals surface area contributed by atoms with E-state index in [1.54, 1.807) is 0 Å². The minimum absolute atomic E-state index is 0.462. The first-order chi connectivity index (χ1) is 4.18. The molecule has 3 rings (SSSR count). The zero-order valence-electron chi connectivity index (χ0n) is 5.08. The number of rotatable bonds is 1. The summed E-state index contributed by atoms with van der Waals surface area (Å²) in [4.78, 5) is 0. The summed E-state index contributed by atoms with van der Waals surface area (Å²) in [6, 6.07) is 0. The van der Waals surface area contributed by atoms with Crippen molar-refractivity contribution >= 4 is 31.9 Å². The van der Waals surface area contributed by atoms with Crippen LogP contribution in [-0.4, -0.2) is 4.32 Å². The van der Waals surface area contributed by atoms with E-state index < -0.39 is 0 Å². The highest BCUT2D eigenvalue weighted by molar-refractivity contribution is 9.10. The Labute approximate surface area is 72.7 Å². The standard InChI is InChI=1S/C7H8Br2/c8-5-6-1-2-7(9,3-6)4-6/h1-4H2. The molecule has 0 aliphatic heterocycles. The fraction of sp³-hybridized carbons (Fsp3) is 0.857. The number of hydrogen-bond donors (Lipinski definition) is 0. The molecule has 0 amide bonds. The second-order valence-electron chi connectivity index (χ2n) is 3.38. The Bertz CT molecular complexity index is 136. The summed E-state index contributed by atoms with van der Waals surface area (Å²) in [5.41, 5.74) is 0.462. The molecule has 0 aromatic rings. The van der Waals surface area contributed by atoms with Crippen molar-refractivity contribution in [3.05, 3.63) is 5.33 Å². The monoisotopic (exact) mass is 250 g/mol. The van der Waals surface area contributed by atoms with Gasteiger partial charge >= 0.3 is 0 Å². The normalized spacial score (nSPS) is 55.3. The van der Waals surface area contributed by atoms with Gasteiger partial charge in [-0.2, -0.15) is 0 Å². The van der Waals surface area contributed by atoms with Crippen LogP contribution in [-0.2, 0) is 0 Å². The van der Waals surface area contributed by atoms with Crippen LogP contribution in [0.15, 0.2) is 0 Å². The summed E-state index contributed by atoms with van der Waals surface area (Å²) >= 11 is 7.05. The summed E-state index contributed by atoms with van der Waals surface area (Å²) in [7, 11) is 0. The van der Waals surface area contributed by atoms with E-state index in [0.717, 1.165) is 0 Å². The molecular weight excluding hydrogens is 244 g/mol. The number of hydrogen-bond acceptors (Lipinski definition) is 0. The van der Waals surface area contributed by atoms with Crippen molar-refractivity contribution in [3.8, 4) is 0 Å². The average Bonchev–Trinajstić information content (AvgIpc) is 2.20. The van der Waals surface area contributed by atoms with E-state index >= 15 is 0 Å².